The molecule has 9 heteroatoms. The fourth-order valence-electron chi connectivity index (χ4n) is 2.34. The summed E-state index contributed by atoms with van der Waals surface area (Å²) in [5.74, 6) is -2.38. The predicted octanol–water partition coefficient (Wildman–Crippen LogP) is 2.13. The number of aliphatic carboxylic acids is 1. The molecule has 0 fully saturated rings. The average molecular weight is 379 g/mol. The molecule has 0 bridgehead atoms. The fourth-order valence-corrected chi connectivity index (χ4v) is 3.64. The highest BCUT2D eigenvalue weighted by molar-refractivity contribution is 7.92. The van der Waals surface area contributed by atoms with E-state index in [4.69, 9.17) is 9.84 Å². The van der Waals surface area contributed by atoms with Crippen LogP contribution >= 0.6 is 0 Å². The largest absolute Gasteiger partial charge is 0.495 e. The van der Waals surface area contributed by atoms with E-state index in [1.54, 1.807) is 13.0 Å². The van der Waals surface area contributed by atoms with Gasteiger partial charge in [-0.05, 0) is 36.8 Å². The monoisotopic (exact) mass is 379 g/mol. The Balaban J connectivity index is 2.51. The molecule has 2 aromatic carbocycles. The minimum absolute atomic E-state index is 0.00984. The maximum absolute atomic E-state index is 12.7. The van der Waals surface area contributed by atoms with Crippen LogP contribution in [0.2, 0.25) is 0 Å². The van der Waals surface area contributed by atoms with Crippen LogP contribution in [0, 0.1) is 6.92 Å². The molecule has 0 aliphatic rings. The molecule has 26 heavy (non-hydrogen) atoms. The third kappa shape index (κ3) is 4.31. The third-order valence-electron chi connectivity index (χ3n) is 3.52. The first-order valence-electron chi connectivity index (χ1n) is 7.39. The molecule has 3 N–H and O–H groups in total. The van der Waals surface area contributed by atoms with Gasteiger partial charge in [0.25, 0.3) is 10.0 Å². The van der Waals surface area contributed by atoms with Crippen LogP contribution < -0.4 is 9.46 Å². The standard InChI is InChI=1S/C17H17NO7S/c1-10-3-5-13(12(7-10)17(21)22)18-26(23,24)15-8-11(9-16(19)20)4-6-14(15)25-2/h3-8,18H,9H2,1-2H3,(H,19,20)(H,21,22). The normalized spacial score (nSPS) is 11.0. The van der Waals surface area contributed by atoms with Gasteiger partial charge in [-0.1, -0.05) is 17.7 Å². The van der Waals surface area contributed by atoms with E-state index in [1.165, 1.54) is 37.4 Å². The van der Waals surface area contributed by atoms with E-state index in [0.29, 0.717) is 5.56 Å². The van der Waals surface area contributed by atoms with E-state index in [1.807, 2.05) is 0 Å². The summed E-state index contributed by atoms with van der Waals surface area (Å²) in [6, 6.07) is 8.25. The van der Waals surface area contributed by atoms with Crippen molar-refractivity contribution in [3.8, 4) is 5.75 Å². The minimum Gasteiger partial charge on any atom is -0.495 e. The van der Waals surface area contributed by atoms with Crippen molar-refractivity contribution in [1.82, 2.24) is 0 Å². The van der Waals surface area contributed by atoms with Crippen molar-refractivity contribution < 1.29 is 33.0 Å². The van der Waals surface area contributed by atoms with Crippen molar-refractivity contribution in [1.29, 1.82) is 0 Å². The first-order chi connectivity index (χ1) is 12.1. The number of ether oxygens (including phenoxy) is 1. The van der Waals surface area contributed by atoms with Gasteiger partial charge in [0, 0.05) is 0 Å². The number of rotatable bonds is 7. The SMILES string of the molecule is COc1ccc(CC(=O)O)cc1S(=O)(=O)Nc1ccc(C)cc1C(=O)O. The Morgan fingerprint density at radius 2 is 1.81 bits per heavy atom. The van der Waals surface area contributed by atoms with Gasteiger partial charge in [0.05, 0.1) is 24.8 Å². The zero-order valence-electron chi connectivity index (χ0n) is 14.0. The van der Waals surface area contributed by atoms with Gasteiger partial charge in [0.15, 0.2) is 0 Å². The smallest absolute Gasteiger partial charge is 0.337 e. The van der Waals surface area contributed by atoms with Crippen LogP contribution in [0.3, 0.4) is 0 Å². The second kappa shape index (κ2) is 7.44. The number of sulfonamides is 1. The summed E-state index contributed by atoms with van der Waals surface area (Å²) in [6.07, 6.45) is -0.364. The number of hydrogen-bond acceptors (Lipinski definition) is 5. The van der Waals surface area contributed by atoms with Crippen LogP contribution in [-0.4, -0.2) is 37.7 Å². The number of nitrogens with one attached hydrogen (secondary N) is 1. The zero-order chi connectivity index (χ0) is 19.5. The highest BCUT2D eigenvalue weighted by atomic mass is 32.2. The molecule has 0 heterocycles. The predicted molar refractivity (Wildman–Crippen MR) is 93.3 cm³/mol. The van der Waals surface area contributed by atoms with Crippen molar-refractivity contribution in [2.45, 2.75) is 18.2 Å². The molecule has 0 radical (unpaired) electrons. The minimum atomic E-state index is -4.21. The van der Waals surface area contributed by atoms with Gasteiger partial charge < -0.3 is 14.9 Å². The highest BCUT2D eigenvalue weighted by Gasteiger charge is 2.23. The molecule has 0 saturated heterocycles. The van der Waals surface area contributed by atoms with Gasteiger partial charge in [0.1, 0.15) is 10.6 Å². The van der Waals surface area contributed by atoms with Crippen molar-refractivity contribution in [2.75, 3.05) is 11.8 Å². The Kier molecular flexibility index (Phi) is 5.51. The van der Waals surface area contributed by atoms with Gasteiger partial charge in [-0.2, -0.15) is 0 Å². The lowest BCUT2D eigenvalue weighted by Gasteiger charge is -2.14. The molecule has 0 aromatic heterocycles. The van der Waals surface area contributed by atoms with E-state index in [-0.39, 0.29) is 33.9 Å². The third-order valence-corrected chi connectivity index (χ3v) is 4.91. The molecule has 2 rings (SSSR count). The van der Waals surface area contributed by atoms with Gasteiger partial charge in [-0.3, -0.25) is 9.52 Å². The Labute approximate surface area is 150 Å². The van der Waals surface area contributed by atoms with E-state index < -0.39 is 22.0 Å². The van der Waals surface area contributed by atoms with Gasteiger partial charge in [-0.25, -0.2) is 13.2 Å². The number of methoxy groups -OCH3 is 1. The number of carboxylic acid groups (broad SMARTS) is 2. The molecule has 0 atom stereocenters. The van der Waals surface area contributed by atoms with E-state index in [9.17, 15) is 23.1 Å². The summed E-state index contributed by atoms with van der Waals surface area (Å²) in [7, 11) is -2.94. The first kappa shape index (κ1) is 19.3. The molecule has 0 aliphatic heterocycles. The Bertz CT molecular complexity index is 967. The number of aryl methyl sites for hydroxylation is 1. The lowest BCUT2D eigenvalue weighted by atomic mass is 10.1. The van der Waals surface area contributed by atoms with Crippen molar-refractivity contribution >= 4 is 27.6 Å². The lowest BCUT2D eigenvalue weighted by molar-refractivity contribution is -0.136. The quantitative estimate of drug-likeness (QED) is 0.672. The van der Waals surface area contributed by atoms with Crippen LogP contribution in [0.25, 0.3) is 0 Å². The summed E-state index contributed by atoms with van der Waals surface area (Å²) < 4.78 is 32.8. The van der Waals surface area contributed by atoms with E-state index in [0.717, 1.165) is 0 Å². The summed E-state index contributed by atoms with van der Waals surface area (Å²) in [5.41, 5.74) is 0.621. The summed E-state index contributed by atoms with van der Waals surface area (Å²) >= 11 is 0. The van der Waals surface area contributed by atoms with Gasteiger partial charge in [0.2, 0.25) is 0 Å². The van der Waals surface area contributed by atoms with Crippen LogP contribution in [0.15, 0.2) is 41.3 Å². The number of carbonyl (C=O) groups is 2. The molecular formula is C17H17NO7S. The second-order valence-electron chi connectivity index (χ2n) is 5.52. The second-order valence-corrected chi connectivity index (χ2v) is 7.17. The van der Waals surface area contributed by atoms with Crippen LogP contribution in [-0.2, 0) is 21.2 Å². The fraction of sp³-hybridized carbons (Fsp3) is 0.176. The van der Waals surface area contributed by atoms with Gasteiger partial charge in [-0.15, -0.1) is 0 Å². The number of benzene rings is 2. The maximum Gasteiger partial charge on any atom is 0.337 e. The summed E-state index contributed by atoms with van der Waals surface area (Å²) in [5, 5.41) is 18.2. The highest BCUT2D eigenvalue weighted by Crippen LogP contribution is 2.28. The number of aromatic carboxylic acids is 1. The van der Waals surface area contributed by atoms with Gasteiger partial charge >= 0.3 is 11.9 Å². The molecule has 138 valence electrons. The van der Waals surface area contributed by atoms with Crippen LogP contribution in [0.5, 0.6) is 5.75 Å². The Morgan fingerprint density at radius 3 is 2.38 bits per heavy atom. The van der Waals surface area contributed by atoms with Crippen molar-refractivity contribution in [3.05, 3.63) is 53.1 Å². The molecule has 0 amide bonds. The molecule has 0 aliphatic carbocycles. The number of carboxylic acids is 2. The molecule has 8 nitrogen and oxygen atoms in total. The Hall–Kier alpha value is -3.07. The van der Waals surface area contributed by atoms with Crippen LogP contribution in [0.4, 0.5) is 5.69 Å². The summed E-state index contributed by atoms with van der Waals surface area (Å²) in [6.45, 7) is 1.68. The molecule has 2 aromatic rings. The average Bonchev–Trinajstić information content (AvgIpc) is 2.55. The topological polar surface area (TPSA) is 130 Å². The van der Waals surface area contributed by atoms with E-state index >= 15 is 0 Å². The number of anilines is 1. The first-order valence-corrected chi connectivity index (χ1v) is 8.88. The summed E-state index contributed by atoms with van der Waals surface area (Å²) in [4.78, 5) is 22.0. The Morgan fingerprint density at radius 1 is 1.12 bits per heavy atom. The van der Waals surface area contributed by atoms with Crippen molar-refractivity contribution in [3.63, 3.8) is 0 Å². The maximum atomic E-state index is 12.7. The lowest BCUT2D eigenvalue weighted by Crippen LogP contribution is -2.17. The molecule has 0 spiro atoms. The van der Waals surface area contributed by atoms with Crippen LogP contribution in [0.1, 0.15) is 21.5 Å². The van der Waals surface area contributed by atoms with E-state index in [2.05, 4.69) is 4.72 Å². The zero-order valence-corrected chi connectivity index (χ0v) is 14.8. The van der Waals surface area contributed by atoms with Crippen molar-refractivity contribution in [2.24, 2.45) is 0 Å². The molecule has 0 unspecified atom stereocenters. The molecule has 0 saturated carbocycles. The number of hydrogen-bond donors (Lipinski definition) is 3. The molecular weight excluding hydrogens is 362 g/mol.